The van der Waals surface area contributed by atoms with Crippen molar-refractivity contribution in [3.8, 4) is 11.5 Å². The maximum Gasteiger partial charge on any atom is 0.346 e. The second kappa shape index (κ2) is 8.99. The molecule has 0 saturated heterocycles. The quantitative estimate of drug-likeness (QED) is 0.294. The van der Waals surface area contributed by atoms with Gasteiger partial charge in [-0.15, -0.1) is 0 Å². The molecule has 1 atom stereocenters. The van der Waals surface area contributed by atoms with Crippen molar-refractivity contribution in [2.75, 3.05) is 11.9 Å². The summed E-state index contributed by atoms with van der Waals surface area (Å²) in [5.41, 5.74) is 5.86. The molecular weight excluding hydrogens is 483 g/mol. The fraction of sp³-hybridized carbons (Fsp3) is 0.0800. The number of rotatable bonds is 6. The van der Waals surface area contributed by atoms with E-state index in [0.29, 0.717) is 10.9 Å². The zero-order valence-corrected chi connectivity index (χ0v) is 19.7. The van der Waals surface area contributed by atoms with Crippen LogP contribution in [-0.2, 0) is 15.9 Å². The van der Waals surface area contributed by atoms with Crippen LogP contribution in [0.25, 0.3) is 10.9 Å². The molecule has 1 amide bonds. The van der Waals surface area contributed by atoms with Crippen LogP contribution >= 0.6 is 7.52 Å². The van der Waals surface area contributed by atoms with Gasteiger partial charge in [-0.2, -0.15) is 4.76 Å². The Morgan fingerprint density at radius 2 is 1.81 bits per heavy atom. The summed E-state index contributed by atoms with van der Waals surface area (Å²) in [6.07, 6.45) is 0. The predicted octanol–water partition coefficient (Wildman–Crippen LogP) is 2.30. The van der Waals surface area contributed by atoms with Crippen molar-refractivity contribution in [1.29, 1.82) is 0 Å². The number of hydrogen-bond acceptors (Lipinski definition) is 6. The van der Waals surface area contributed by atoms with Gasteiger partial charge in [0.05, 0.1) is 23.1 Å². The van der Waals surface area contributed by atoms with Gasteiger partial charge >= 0.3 is 7.52 Å². The van der Waals surface area contributed by atoms with E-state index in [2.05, 4.69) is 10.1 Å². The van der Waals surface area contributed by atoms with Crippen LogP contribution in [0.4, 0.5) is 5.69 Å². The lowest BCUT2D eigenvalue weighted by atomic mass is 10.1. The number of pyridine rings is 1. The third-order valence-electron chi connectivity index (χ3n) is 5.72. The minimum absolute atomic E-state index is 0.0712. The second-order valence-electron chi connectivity index (χ2n) is 8.17. The molecule has 182 valence electrons. The van der Waals surface area contributed by atoms with Crippen LogP contribution in [0, 0.1) is 0 Å². The highest BCUT2D eigenvalue weighted by atomic mass is 31.2. The highest BCUT2D eigenvalue weighted by Crippen LogP contribution is 2.47. The molecule has 0 spiro atoms. The number of nitrogens with one attached hydrogen (secondary N) is 1. The third kappa shape index (κ3) is 4.24. The second-order valence-corrected chi connectivity index (χ2v) is 9.94. The number of nitrogens with two attached hydrogens (primary N) is 1. The van der Waals surface area contributed by atoms with Crippen LogP contribution in [0.2, 0.25) is 0 Å². The molecule has 5 N–H and O–H groups in total. The molecular formula is C25H21N4O6P. The zero-order chi connectivity index (χ0) is 25.4. The van der Waals surface area contributed by atoms with Crippen molar-refractivity contribution < 1.29 is 24.1 Å². The number of amidine groups is 1. The van der Waals surface area contributed by atoms with E-state index in [1.54, 1.807) is 24.3 Å². The lowest BCUT2D eigenvalue weighted by Crippen LogP contribution is -2.33. The van der Waals surface area contributed by atoms with E-state index in [9.17, 15) is 24.2 Å². The molecule has 1 aliphatic heterocycles. The van der Waals surface area contributed by atoms with E-state index in [1.807, 2.05) is 30.3 Å². The van der Waals surface area contributed by atoms with Gasteiger partial charge in [0.1, 0.15) is 17.1 Å². The summed E-state index contributed by atoms with van der Waals surface area (Å²) in [5, 5.41) is 14.3. The van der Waals surface area contributed by atoms with Crippen LogP contribution in [-0.4, -0.2) is 32.9 Å². The van der Waals surface area contributed by atoms with Crippen LogP contribution in [0.15, 0.2) is 82.4 Å². The minimum atomic E-state index is -4.38. The average molecular weight is 504 g/mol. The van der Waals surface area contributed by atoms with Crippen LogP contribution in [0.5, 0.6) is 11.5 Å². The van der Waals surface area contributed by atoms with E-state index in [0.717, 1.165) is 5.56 Å². The molecule has 3 aromatic carbocycles. The Kier molecular flexibility index (Phi) is 5.83. The zero-order valence-electron chi connectivity index (χ0n) is 18.8. The Morgan fingerprint density at radius 1 is 1.08 bits per heavy atom. The molecule has 1 unspecified atom stereocenters. The SMILES string of the molecule is NC(=O)COc1ccc2c(c1)P(=O)(O)N=C(c1c(O)c3ccccc3n(Cc3ccccc3)c1=O)N2. The first kappa shape index (κ1) is 23.3. The Hall–Kier alpha value is -4.40. The van der Waals surface area contributed by atoms with Gasteiger partial charge in [-0.1, -0.05) is 42.5 Å². The minimum Gasteiger partial charge on any atom is -0.506 e. The summed E-state index contributed by atoms with van der Waals surface area (Å²) in [4.78, 5) is 35.4. The van der Waals surface area contributed by atoms with Crippen molar-refractivity contribution in [1.82, 2.24) is 4.57 Å². The topological polar surface area (TPSA) is 156 Å². The number of primary amides is 1. The summed E-state index contributed by atoms with van der Waals surface area (Å²) < 4.78 is 23.8. The lowest BCUT2D eigenvalue weighted by Gasteiger charge is -2.23. The van der Waals surface area contributed by atoms with Crippen molar-refractivity contribution >= 4 is 41.2 Å². The maximum atomic E-state index is 13.7. The van der Waals surface area contributed by atoms with Crippen molar-refractivity contribution in [2.24, 2.45) is 10.5 Å². The first-order valence-corrected chi connectivity index (χ1v) is 12.5. The normalized spacial score (nSPS) is 16.6. The molecule has 4 aromatic rings. The van der Waals surface area contributed by atoms with E-state index in [1.165, 1.54) is 22.8 Å². The Morgan fingerprint density at radius 3 is 2.56 bits per heavy atom. The molecule has 0 fully saturated rings. The molecule has 0 aliphatic carbocycles. The number of para-hydroxylation sites is 1. The lowest BCUT2D eigenvalue weighted by molar-refractivity contribution is -0.119. The molecule has 10 nitrogen and oxygen atoms in total. The number of ether oxygens (including phenoxy) is 1. The molecule has 2 heterocycles. The molecule has 0 bridgehead atoms. The number of fused-ring (bicyclic) bond motifs is 2. The standard InChI is InChI=1S/C25H21N4O6P/c26-21(30)14-35-16-10-11-18-20(12-16)36(33,34)28-24(27-18)22-23(31)17-8-4-5-9-19(17)29(25(22)32)13-15-6-2-1-3-7-15/h1-12,31H,13-14H2,(H2,26,30)(H2,27,28,33,34). The van der Waals surface area contributed by atoms with Crippen LogP contribution in [0.3, 0.4) is 0 Å². The molecule has 36 heavy (non-hydrogen) atoms. The van der Waals surface area contributed by atoms with Gasteiger partial charge < -0.3 is 30.4 Å². The van der Waals surface area contributed by atoms with Gasteiger partial charge in [0.15, 0.2) is 12.4 Å². The number of anilines is 1. The van der Waals surface area contributed by atoms with E-state index in [4.69, 9.17) is 10.5 Å². The summed E-state index contributed by atoms with van der Waals surface area (Å²) >= 11 is 0. The Balaban J connectivity index is 1.64. The van der Waals surface area contributed by atoms with E-state index in [-0.39, 0.29) is 40.4 Å². The molecule has 0 saturated carbocycles. The molecule has 11 heteroatoms. The van der Waals surface area contributed by atoms with Crippen molar-refractivity contribution in [2.45, 2.75) is 6.54 Å². The number of nitrogens with zero attached hydrogens (tertiary/aromatic N) is 2. The van der Waals surface area contributed by atoms with E-state index < -0.39 is 25.6 Å². The van der Waals surface area contributed by atoms with Gasteiger partial charge in [0, 0.05) is 5.39 Å². The van der Waals surface area contributed by atoms with Gasteiger partial charge in [-0.3, -0.25) is 14.2 Å². The number of amides is 1. The summed E-state index contributed by atoms with van der Waals surface area (Å²) in [5.74, 6) is -1.12. The number of hydrogen-bond donors (Lipinski definition) is 4. The Bertz CT molecular complexity index is 1650. The van der Waals surface area contributed by atoms with Crippen molar-refractivity contribution in [3.63, 3.8) is 0 Å². The number of aromatic hydroxyl groups is 1. The average Bonchev–Trinajstić information content (AvgIpc) is 2.86. The van der Waals surface area contributed by atoms with E-state index >= 15 is 0 Å². The number of carbonyl (C=O) groups is 1. The maximum absolute atomic E-state index is 13.7. The molecule has 1 aromatic heterocycles. The highest BCUT2D eigenvalue weighted by Gasteiger charge is 2.33. The fourth-order valence-electron chi connectivity index (χ4n) is 4.08. The summed E-state index contributed by atoms with van der Waals surface area (Å²) in [6.45, 7) is -0.183. The predicted molar refractivity (Wildman–Crippen MR) is 136 cm³/mol. The third-order valence-corrected chi connectivity index (χ3v) is 7.19. The number of aromatic nitrogens is 1. The smallest absolute Gasteiger partial charge is 0.346 e. The first-order valence-electron chi connectivity index (χ1n) is 10.9. The largest absolute Gasteiger partial charge is 0.506 e. The van der Waals surface area contributed by atoms with Crippen molar-refractivity contribution in [3.05, 3.63) is 94.3 Å². The Labute approximate surface area is 204 Å². The monoisotopic (exact) mass is 504 g/mol. The molecule has 5 rings (SSSR count). The number of carbonyl (C=O) groups excluding carboxylic acids is 1. The summed E-state index contributed by atoms with van der Waals surface area (Å²) in [6, 6.07) is 20.4. The number of benzene rings is 3. The fourth-order valence-corrected chi connectivity index (χ4v) is 5.35. The van der Waals surface area contributed by atoms with Gasteiger partial charge in [-0.25, -0.2) is 0 Å². The summed E-state index contributed by atoms with van der Waals surface area (Å²) in [7, 11) is -4.38. The van der Waals surface area contributed by atoms with Gasteiger partial charge in [0.25, 0.3) is 11.5 Å². The van der Waals surface area contributed by atoms with Gasteiger partial charge in [0.2, 0.25) is 0 Å². The van der Waals surface area contributed by atoms with Gasteiger partial charge in [-0.05, 0) is 35.9 Å². The molecule has 1 aliphatic rings. The van der Waals surface area contributed by atoms with Crippen LogP contribution in [0.1, 0.15) is 11.1 Å². The first-order chi connectivity index (χ1) is 17.2. The molecule has 0 radical (unpaired) electrons. The van der Waals surface area contributed by atoms with Crippen LogP contribution < -0.4 is 26.7 Å². The highest BCUT2D eigenvalue weighted by molar-refractivity contribution is 7.65.